The summed E-state index contributed by atoms with van der Waals surface area (Å²) in [7, 11) is 3.15. The molecule has 5 atom stereocenters. The Kier molecular flexibility index (Phi) is 22.9. The fraction of sp³-hybridized carbons (Fsp3) is 0.569. The van der Waals surface area contributed by atoms with E-state index >= 15 is 0 Å². The molecule has 15 nitrogen and oxygen atoms in total. The molecule has 0 saturated carbocycles. The summed E-state index contributed by atoms with van der Waals surface area (Å²) in [5, 5.41) is 53.9. The van der Waals surface area contributed by atoms with E-state index in [1.807, 2.05) is 24.3 Å². The number of hydrogen-bond acceptors (Lipinski definition) is 13. The lowest BCUT2D eigenvalue weighted by atomic mass is 9.95. The predicted molar refractivity (Wildman–Crippen MR) is 260 cm³/mol. The van der Waals surface area contributed by atoms with E-state index in [-0.39, 0.29) is 25.0 Å². The Hall–Kier alpha value is -4.83. The van der Waals surface area contributed by atoms with Crippen LogP contribution in [0.2, 0.25) is 0 Å². The molecule has 5 rings (SSSR count). The summed E-state index contributed by atoms with van der Waals surface area (Å²) in [6.07, 6.45) is 6.08. The number of aryl methyl sites for hydroxylation is 2. The van der Waals surface area contributed by atoms with Gasteiger partial charge in [0.2, 0.25) is 0 Å². The normalized spacial score (nSPS) is 14.7. The van der Waals surface area contributed by atoms with Gasteiger partial charge in [-0.25, -0.2) is 4.98 Å². The Morgan fingerprint density at radius 3 is 2.21 bits per heavy atom. The van der Waals surface area contributed by atoms with E-state index in [9.17, 15) is 25.2 Å². The standard InChI is InChI=1S/C51H73N7O8/c1-64-35-33-58(31-6-5-9-40-17-16-39-8-7-28-54-51(39)56-40)32-30-53-48(36-50(63)65-2)38-14-12-37(13-15-38)45-24-25-49(47-11-4-3-10-46(45)47)66-34-27-44(62)23-21-42(60)19-18-41(59)20-22-43(61)26-29-55-57-52/h3-4,10-17,24-25,41-44,48,53,59-62H,5-9,18-23,26-36H2,1-2H3,(H,54,56)/t41-,42-,43-,44-,48-/m0/s1. The van der Waals surface area contributed by atoms with E-state index in [1.54, 1.807) is 7.11 Å². The second kappa shape index (κ2) is 29.0. The smallest absolute Gasteiger partial charge is 0.307 e. The monoisotopic (exact) mass is 912 g/mol. The number of nitrogens with one attached hydrogen (secondary N) is 2. The molecule has 1 aromatic heterocycles. The molecule has 0 aliphatic carbocycles. The number of fused-ring (bicyclic) bond motifs is 2. The second-order valence-corrected chi connectivity index (χ2v) is 17.4. The van der Waals surface area contributed by atoms with E-state index in [4.69, 9.17) is 24.7 Å². The Morgan fingerprint density at radius 1 is 0.818 bits per heavy atom. The zero-order chi connectivity index (χ0) is 46.9. The number of anilines is 1. The largest absolute Gasteiger partial charge is 0.493 e. The number of aliphatic hydroxyl groups excluding tert-OH is 4. The molecule has 0 spiro atoms. The molecule has 360 valence electrons. The Balaban J connectivity index is 1.09. The minimum Gasteiger partial charge on any atom is -0.493 e. The third kappa shape index (κ3) is 17.8. The Bertz CT molecular complexity index is 2090. The minimum absolute atomic E-state index is 0.210. The molecular formula is C51H73N7O8. The molecule has 0 bridgehead atoms. The number of unbranched alkanes of at least 4 members (excludes halogenated alkanes) is 1. The number of pyridine rings is 1. The number of esters is 1. The molecule has 0 amide bonds. The van der Waals surface area contributed by atoms with Crippen molar-refractivity contribution in [2.45, 2.75) is 120 Å². The van der Waals surface area contributed by atoms with Gasteiger partial charge in [0.15, 0.2) is 0 Å². The number of benzene rings is 3. The van der Waals surface area contributed by atoms with Crippen molar-refractivity contribution in [3.05, 3.63) is 100 Å². The van der Waals surface area contributed by atoms with Gasteiger partial charge in [0.1, 0.15) is 11.6 Å². The van der Waals surface area contributed by atoms with Crippen LogP contribution in [-0.4, -0.2) is 127 Å². The SMILES string of the molecule is COCCN(CCCCc1ccc2c(n1)NCCC2)CCN[C@@H](CC(=O)OC)c1ccc(-c2ccc(OCC[C@@H](O)CC[C@@H](O)CC[C@H](O)CC[C@H](O)CCN=[N+]=[N-])c3ccccc23)cc1. The summed E-state index contributed by atoms with van der Waals surface area (Å²) in [5.74, 6) is 1.50. The van der Waals surface area contributed by atoms with Gasteiger partial charge in [-0.1, -0.05) is 65.8 Å². The fourth-order valence-electron chi connectivity index (χ4n) is 8.49. The summed E-state index contributed by atoms with van der Waals surface area (Å²) >= 11 is 0. The van der Waals surface area contributed by atoms with Crippen molar-refractivity contribution in [2.24, 2.45) is 5.11 Å². The lowest BCUT2D eigenvalue weighted by Crippen LogP contribution is -2.37. The number of carbonyl (C=O) groups is 1. The van der Waals surface area contributed by atoms with Gasteiger partial charge in [0.05, 0.1) is 51.2 Å². The molecule has 1 aliphatic rings. The zero-order valence-electron chi connectivity index (χ0n) is 39.0. The zero-order valence-corrected chi connectivity index (χ0v) is 39.0. The van der Waals surface area contributed by atoms with Gasteiger partial charge in [0, 0.05) is 68.3 Å². The Morgan fingerprint density at radius 2 is 1.52 bits per heavy atom. The van der Waals surface area contributed by atoms with Gasteiger partial charge in [-0.15, -0.1) is 0 Å². The maximum atomic E-state index is 12.6. The highest BCUT2D eigenvalue weighted by Crippen LogP contribution is 2.35. The first kappa shape index (κ1) is 52.1. The quantitative estimate of drug-likeness (QED) is 0.00915. The lowest BCUT2D eigenvalue weighted by Gasteiger charge is -2.25. The molecule has 1 aliphatic heterocycles. The van der Waals surface area contributed by atoms with E-state index in [2.05, 4.69) is 74.1 Å². The molecule has 2 heterocycles. The summed E-state index contributed by atoms with van der Waals surface area (Å²) < 4.78 is 16.7. The molecule has 66 heavy (non-hydrogen) atoms. The highest BCUT2D eigenvalue weighted by atomic mass is 16.5. The van der Waals surface area contributed by atoms with Crippen molar-refractivity contribution in [3.8, 4) is 16.9 Å². The summed E-state index contributed by atoms with van der Waals surface area (Å²) in [6, 6.07) is 24.6. The third-order valence-corrected chi connectivity index (χ3v) is 12.5. The van der Waals surface area contributed by atoms with Gasteiger partial charge in [0.25, 0.3) is 0 Å². The van der Waals surface area contributed by atoms with Gasteiger partial charge < -0.3 is 45.3 Å². The molecule has 0 radical (unpaired) electrons. The summed E-state index contributed by atoms with van der Waals surface area (Å²) in [5.41, 5.74) is 13.9. The van der Waals surface area contributed by atoms with Gasteiger partial charge in [-0.2, -0.15) is 0 Å². The van der Waals surface area contributed by atoms with Gasteiger partial charge in [-0.05, 0) is 129 Å². The molecule has 0 unspecified atom stereocenters. The van der Waals surface area contributed by atoms with Gasteiger partial charge in [-0.3, -0.25) is 9.69 Å². The Labute approximate surface area is 390 Å². The predicted octanol–water partition coefficient (Wildman–Crippen LogP) is 7.68. The van der Waals surface area contributed by atoms with Crippen molar-refractivity contribution >= 4 is 22.6 Å². The molecule has 4 aromatic rings. The van der Waals surface area contributed by atoms with Crippen LogP contribution in [0.5, 0.6) is 5.75 Å². The number of azide groups is 1. The van der Waals surface area contributed by atoms with Crippen molar-refractivity contribution in [1.29, 1.82) is 0 Å². The fourth-order valence-corrected chi connectivity index (χ4v) is 8.49. The van der Waals surface area contributed by atoms with Crippen molar-refractivity contribution in [3.63, 3.8) is 0 Å². The molecule has 3 aromatic carbocycles. The lowest BCUT2D eigenvalue weighted by molar-refractivity contribution is -0.141. The number of methoxy groups -OCH3 is 2. The van der Waals surface area contributed by atoms with Crippen LogP contribution in [0.1, 0.15) is 99.9 Å². The molecule has 15 heteroatoms. The van der Waals surface area contributed by atoms with Crippen LogP contribution in [0.4, 0.5) is 5.82 Å². The molecular weight excluding hydrogens is 839 g/mol. The van der Waals surface area contributed by atoms with E-state index < -0.39 is 24.4 Å². The summed E-state index contributed by atoms with van der Waals surface area (Å²) in [6.45, 7) is 5.44. The number of aromatic nitrogens is 1. The first-order chi connectivity index (χ1) is 32.2. The van der Waals surface area contributed by atoms with Crippen LogP contribution >= 0.6 is 0 Å². The number of rotatable bonds is 32. The number of ether oxygens (including phenoxy) is 3. The van der Waals surface area contributed by atoms with Crippen LogP contribution in [0.25, 0.3) is 32.3 Å². The molecule has 0 saturated heterocycles. The first-order valence-electron chi connectivity index (χ1n) is 23.9. The van der Waals surface area contributed by atoms with Crippen LogP contribution in [-0.2, 0) is 27.1 Å². The number of nitrogens with zero attached hydrogens (tertiary/aromatic N) is 5. The number of hydrogen-bond donors (Lipinski definition) is 6. The summed E-state index contributed by atoms with van der Waals surface area (Å²) in [4.78, 5) is 22.5. The third-order valence-electron chi connectivity index (χ3n) is 12.5. The maximum absolute atomic E-state index is 12.6. The van der Waals surface area contributed by atoms with Crippen LogP contribution in [0, 0.1) is 0 Å². The van der Waals surface area contributed by atoms with E-state index in [0.29, 0.717) is 71.1 Å². The minimum atomic E-state index is -0.652. The van der Waals surface area contributed by atoms with Gasteiger partial charge >= 0.3 is 5.97 Å². The van der Waals surface area contributed by atoms with Crippen molar-refractivity contribution < 1.29 is 39.4 Å². The average Bonchev–Trinajstić information content (AvgIpc) is 3.34. The van der Waals surface area contributed by atoms with Crippen LogP contribution < -0.4 is 15.4 Å². The van der Waals surface area contributed by atoms with Crippen molar-refractivity contribution in [2.75, 3.05) is 72.0 Å². The van der Waals surface area contributed by atoms with Crippen molar-refractivity contribution in [1.82, 2.24) is 15.2 Å². The average molecular weight is 912 g/mol. The molecule has 0 fully saturated rings. The topological polar surface area (TPSA) is 215 Å². The van der Waals surface area contributed by atoms with E-state index in [0.717, 1.165) is 103 Å². The van der Waals surface area contributed by atoms with E-state index in [1.165, 1.54) is 12.7 Å². The number of aliphatic hydroxyl groups is 4. The first-order valence-corrected chi connectivity index (χ1v) is 23.9. The highest BCUT2D eigenvalue weighted by Gasteiger charge is 2.19. The maximum Gasteiger partial charge on any atom is 0.307 e. The molecule has 6 N–H and O–H groups in total. The second-order valence-electron chi connectivity index (χ2n) is 17.4. The van der Waals surface area contributed by atoms with Crippen LogP contribution in [0.3, 0.4) is 0 Å². The van der Waals surface area contributed by atoms with Crippen LogP contribution in [0.15, 0.2) is 77.9 Å². The number of carbonyl (C=O) groups excluding carboxylic acids is 1. The highest BCUT2D eigenvalue weighted by molar-refractivity contribution is 6.00.